The summed E-state index contributed by atoms with van der Waals surface area (Å²) in [5.74, 6) is 0.863. The molecule has 2 rings (SSSR count). The second-order valence-corrected chi connectivity index (χ2v) is 6.84. The van der Waals surface area contributed by atoms with Gasteiger partial charge in [-0.3, -0.25) is 10.1 Å². The maximum absolute atomic E-state index is 11.4. The number of carbonyl (C=O) groups excluding carboxylic acids is 2. The number of aromatic nitrogens is 2. The maximum atomic E-state index is 11.4. The van der Waals surface area contributed by atoms with Crippen LogP contribution in [0.25, 0.3) is 10.2 Å². The van der Waals surface area contributed by atoms with Crippen molar-refractivity contribution in [3.63, 3.8) is 0 Å². The van der Waals surface area contributed by atoms with Gasteiger partial charge in [-0.15, -0.1) is 23.1 Å². The Hall–Kier alpha value is -1.67. The van der Waals surface area contributed by atoms with Crippen molar-refractivity contribution in [2.45, 2.75) is 32.2 Å². The van der Waals surface area contributed by atoms with Crippen molar-refractivity contribution in [2.75, 3.05) is 5.75 Å². The summed E-state index contributed by atoms with van der Waals surface area (Å²) >= 11 is 3.14. The van der Waals surface area contributed by atoms with E-state index in [0.717, 1.165) is 15.2 Å². The Bertz CT molecular complexity index is 712. The van der Waals surface area contributed by atoms with E-state index in [1.807, 2.05) is 12.2 Å². The predicted molar refractivity (Wildman–Crippen MR) is 84.7 cm³/mol. The summed E-state index contributed by atoms with van der Waals surface area (Å²) in [5, 5.41) is 3.99. The van der Waals surface area contributed by atoms with Crippen LogP contribution >= 0.6 is 23.1 Å². The summed E-state index contributed by atoms with van der Waals surface area (Å²) in [7, 11) is 0. The average molecular weight is 324 g/mol. The van der Waals surface area contributed by atoms with E-state index in [4.69, 9.17) is 5.73 Å². The number of amides is 3. The Balaban J connectivity index is 2.15. The van der Waals surface area contributed by atoms with E-state index in [1.54, 1.807) is 11.3 Å². The molecule has 0 spiro atoms. The lowest BCUT2D eigenvalue weighted by Gasteiger charge is -2.05. The van der Waals surface area contributed by atoms with Gasteiger partial charge in [0.05, 0.1) is 0 Å². The van der Waals surface area contributed by atoms with Gasteiger partial charge in [-0.25, -0.2) is 14.8 Å². The van der Waals surface area contributed by atoms with Gasteiger partial charge in [0, 0.05) is 22.4 Å². The van der Waals surface area contributed by atoms with Crippen LogP contribution in [0, 0.1) is 20.8 Å². The minimum atomic E-state index is -0.824. The first-order valence-electron chi connectivity index (χ1n) is 6.35. The molecular formula is C13H16N4O2S2. The molecule has 3 amide bonds. The van der Waals surface area contributed by atoms with Crippen LogP contribution in [-0.4, -0.2) is 27.7 Å². The van der Waals surface area contributed by atoms with E-state index in [-0.39, 0.29) is 12.3 Å². The van der Waals surface area contributed by atoms with Crippen molar-refractivity contribution in [2.24, 2.45) is 5.73 Å². The smallest absolute Gasteiger partial charge is 0.318 e. The van der Waals surface area contributed by atoms with Crippen molar-refractivity contribution in [1.82, 2.24) is 15.3 Å². The molecule has 0 aliphatic rings. The summed E-state index contributed by atoms with van der Waals surface area (Å²) in [6.07, 6.45) is 0.209. The van der Waals surface area contributed by atoms with Gasteiger partial charge in [0.25, 0.3) is 0 Å². The van der Waals surface area contributed by atoms with Crippen LogP contribution in [-0.2, 0) is 4.79 Å². The number of nitrogens with zero attached hydrogens (tertiary/aromatic N) is 2. The third kappa shape index (κ3) is 3.70. The zero-order valence-electron chi connectivity index (χ0n) is 12.0. The van der Waals surface area contributed by atoms with Gasteiger partial charge in [-0.05, 0) is 26.3 Å². The van der Waals surface area contributed by atoms with Gasteiger partial charge in [-0.2, -0.15) is 0 Å². The van der Waals surface area contributed by atoms with Crippen LogP contribution in [0.4, 0.5) is 4.79 Å². The van der Waals surface area contributed by atoms with Gasteiger partial charge in [0.15, 0.2) is 0 Å². The normalized spacial score (nSPS) is 10.8. The molecule has 0 aliphatic carbocycles. The number of urea groups is 1. The zero-order chi connectivity index (χ0) is 15.6. The number of nitrogens with two attached hydrogens (primary N) is 1. The third-order valence-corrected chi connectivity index (χ3v) is 5.02. The fourth-order valence-corrected chi connectivity index (χ4v) is 4.07. The largest absolute Gasteiger partial charge is 0.351 e. The quantitative estimate of drug-likeness (QED) is 0.664. The Morgan fingerprint density at radius 3 is 2.67 bits per heavy atom. The van der Waals surface area contributed by atoms with Crippen molar-refractivity contribution in [3.8, 4) is 0 Å². The molecule has 21 heavy (non-hydrogen) atoms. The van der Waals surface area contributed by atoms with E-state index in [0.29, 0.717) is 11.6 Å². The Kier molecular flexibility index (Phi) is 4.79. The number of imide groups is 1. The topological polar surface area (TPSA) is 98.0 Å². The van der Waals surface area contributed by atoms with Gasteiger partial charge < -0.3 is 5.73 Å². The number of nitrogens with one attached hydrogen (secondary N) is 1. The van der Waals surface area contributed by atoms with E-state index in [1.165, 1.54) is 22.2 Å². The average Bonchev–Trinajstić information content (AvgIpc) is 2.63. The minimum absolute atomic E-state index is 0.209. The second kappa shape index (κ2) is 6.40. The summed E-state index contributed by atoms with van der Waals surface area (Å²) in [5.41, 5.74) is 6.08. The second-order valence-electron chi connectivity index (χ2n) is 4.55. The first-order chi connectivity index (χ1) is 9.88. The molecule has 0 aromatic carbocycles. The fraction of sp³-hybridized carbons (Fsp3) is 0.385. The predicted octanol–water partition coefficient (Wildman–Crippen LogP) is 2.29. The molecule has 2 aromatic rings. The van der Waals surface area contributed by atoms with Crippen LogP contribution in [0.15, 0.2) is 5.03 Å². The Morgan fingerprint density at radius 1 is 1.29 bits per heavy atom. The van der Waals surface area contributed by atoms with Crippen LogP contribution in [0.3, 0.4) is 0 Å². The highest BCUT2D eigenvalue weighted by molar-refractivity contribution is 7.99. The summed E-state index contributed by atoms with van der Waals surface area (Å²) in [4.78, 5) is 33.1. The highest BCUT2D eigenvalue weighted by atomic mass is 32.2. The van der Waals surface area contributed by atoms with E-state index < -0.39 is 6.03 Å². The molecule has 2 aromatic heterocycles. The van der Waals surface area contributed by atoms with E-state index >= 15 is 0 Å². The Labute approximate surface area is 130 Å². The van der Waals surface area contributed by atoms with Crippen molar-refractivity contribution < 1.29 is 9.59 Å². The zero-order valence-corrected chi connectivity index (χ0v) is 13.7. The fourth-order valence-electron chi connectivity index (χ4n) is 1.86. The number of carbonyl (C=O) groups is 2. The van der Waals surface area contributed by atoms with Crippen molar-refractivity contribution >= 4 is 45.3 Å². The third-order valence-electron chi connectivity index (χ3n) is 2.94. The lowest BCUT2D eigenvalue weighted by molar-refractivity contribution is -0.119. The molecule has 0 unspecified atom stereocenters. The molecule has 0 fully saturated rings. The van der Waals surface area contributed by atoms with E-state index in [9.17, 15) is 9.59 Å². The Morgan fingerprint density at radius 2 is 2.00 bits per heavy atom. The summed E-state index contributed by atoms with van der Waals surface area (Å²) in [6, 6.07) is -0.824. The number of aryl methyl sites for hydroxylation is 3. The monoisotopic (exact) mass is 324 g/mol. The number of fused-ring (bicyclic) bond motifs is 1. The van der Waals surface area contributed by atoms with Crippen LogP contribution < -0.4 is 11.1 Å². The first-order valence-corrected chi connectivity index (χ1v) is 8.15. The van der Waals surface area contributed by atoms with Crippen molar-refractivity contribution in [3.05, 3.63) is 16.3 Å². The van der Waals surface area contributed by atoms with Gasteiger partial charge in [0.1, 0.15) is 15.7 Å². The number of thiophene rings is 1. The molecule has 112 valence electrons. The molecular weight excluding hydrogens is 308 g/mol. The van der Waals surface area contributed by atoms with Gasteiger partial charge in [0.2, 0.25) is 5.91 Å². The highest BCUT2D eigenvalue weighted by Crippen LogP contribution is 2.35. The summed E-state index contributed by atoms with van der Waals surface area (Å²) in [6.45, 7) is 5.97. The SMILES string of the molecule is Cc1nc(SCCC(=O)NC(N)=O)c2c(C)c(C)sc2n1. The van der Waals surface area contributed by atoms with Gasteiger partial charge in [-0.1, -0.05) is 0 Å². The molecule has 0 saturated heterocycles. The molecule has 0 atom stereocenters. The molecule has 0 saturated carbocycles. The van der Waals surface area contributed by atoms with Crippen LogP contribution in [0.5, 0.6) is 0 Å². The van der Waals surface area contributed by atoms with Crippen molar-refractivity contribution in [1.29, 1.82) is 0 Å². The number of hydrogen-bond donors (Lipinski definition) is 2. The van der Waals surface area contributed by atoms with Crippen LogP contribution in [0.1, 0.15) is 22.7 Å². The number of hydrogen-bond acceptors (Lipinski definition) is 6. The molecule has 2 heterocycles. The minimum Gasteiger partial charge on any atom is -0.351 e. The molecule has 8 heteroatoms. The highest BCUT2D eigenvalue weighted by Gasteiger charge is 2.14. The molecule has 3 N–H and O–H groups in total. The molecule has 0 radical (unpaired) electrons. The standard InChI is InChI=1S/C13H16N4O2S2/c1-6-7(2)21-12-10(6)11(15-8(3)16-12)20-5-4-9(18)17-13(14)19/h4-5H2,1-3H3,(H3,14,17,18,19). The lowest BCUT2D eigenvalue weighted by Crippen LogP contribution is -2.35. The number of primary amides is 1. The van der Waals surface area contributed by atoms with E-state index in [2.05, 4.69) is 23.8 Å². The number of thioether (sulfide) groups is 1. The van der Waals surface area contributed by atoms with Gasteiger partial charge >= 0.3 is 6.03 Å². The molecule has 0 bridgehead atoms. The first kappa shape index (κ1) is 15.7. The summed E-state index contributed by atoms with van der Waals surface area (Å²) < 4.78 is 0. The molecule has 6 nitrogen and oxygen atoms in total. The van der Waals surface area contributed by atoms with Crippen LogP contribution in [0.2, 0.25) is 0 Å². The number of rotatable bonds is 4. The lowest BCUT2D eigenvalue weighted by atomic mass is 10.2. The molecule has 0 aliphatic heterocycles. The maximum Gasteiger partial charge on any atom is 0.318 e.